The van der Waals surface area contributed by atoms with E-state index in [9.17, 15) is 0 Å². The summed E-state index contributed by atoms with van der Waals surface area (Å²) in [5.41, 5.74) is 5.95. The van der Waals surface area contributed by atoms with Gasteiger partial charge in [-0.2, -0.15) is 0 Å². The van der Waals surface area contributed by atoms with Gasteiger partial charge in [-0.05, 0) is 47.7 Å². The lowest BCUT2D eigenvalue weighted by atomic mass is 9.89. The number of fused-ring (bicyclic) bond motifs is 2. The Labute approximate surface area is 136 Å². The molecule has 0 radical (unpaired) electrons. The first-order chi connectivity index (χ1) is 10.9. The number of hydrogen-bond donors (Lipinski definition) is 0. The first-order valence-corrected chi connectivity index (χ1v) is 8.05. The van der Waals surface area contributed by atoms with Gasteiger partial charge in [-0.3, -0.25) is 0 Å². The van der Waals surface area contributed by atoms with Gasteiger partial charge in [0.1, 0.15) is 5.58 Å². The average molecular weight is 303 g/mol. The van der Waals surface area contributed by atoms with E-state index in [1.165, 1.54) is 16.6 Å². The SMILES string of the molecule is Cc1ccc2cc(C(C)(C)C)cn2c1-c1cc2ccccc2o1. The molecule has 0 amide bonds. The number of benzene rings is 1. The molecule has 0 bridgehead atoms. The summed E-state index contributed by atoms with van der Waals surface area (Å²) in [5.74, 6) is 0.922. The highest BCUT2D eigenvalue weighted by Gasteiger charge is 2.18. The molecular formula is C21H21NO. The molecule has 0 saturated carbocycles. The van der Waals surface area contributed by atoms with Gasteiger partial charge in [-0.15, -0.1) is 0 Å². The number of para-hydroxylation sites is 1. The highest BCUT2D eigenvalue weighted by molar-refractivity contribution is 5.83. The van der Waals surface area contributed by atoms with Crippen LogP contribution in [0.3, 0.4) is 0 Å². The number of aryl methyl sites for hydroxylation is 1. The van der Waals surface area contributed by atoms with E-state index in [2.05, 4.69) is 68.6 Å². The fraction of sp³-hybridized carbons (Fsp3) is 0.238. The molecule has 3 heterocycles. The summed E-state index contributed by atoms with van der Waals surface area (Å²) in [7, 11) is 0. The predicted octanol–water partition coefficient (Wildman–Crippen LogP) is 5.96. The lowest BCUT2D eigenvalue weighted by Gasteiger charge is -2.15. The van der Waals surface area contributed by atoms with E-state index in [0.29, 0.717) is 0 Å². The third-order valence-corrected chi connectivity index (χ3v) is 4.49. The van der Waals surface area contributed by atoms with Crippen molar-refractivity contribution >= 4 is 16.5 Å². The van der Waals surface area contributed by atoms with Gasteiger partial charge in [0.15, 0.2) is 5.76 Å². The number of furan rings is 1. The summed E-state index contributed by atoms with van der Waals surface area (Å²) in [6, 6.07) is 16.9. The summed E-state index contributed by atoms with van der Waals surface area (Å²) < 4.78 is 8.37. The van der Waals surface area contributed by atoms with Crippen LogP contribution < -0.4 is 0 Å². The number of hydrogen-bond acceptors (Lipinski definition) is 1. The first-order valence-electron chi connectivity index (χ1n) is 8.05. The van der Waals surface area contributed by atoms with Crippen LogP contribution in [-0.4, -0.2) is 4.40 Å². The van der Waals surface area contributed by atoms with Crippen LogP contribution in [0, 0.1) is 6.92 Å². The quantitative estimate of drug-likeness (QED) is 0.424. The Bertz CT molecular complexity index is 978. The summed E-state index contributed by atoms with van der Waals surface area (Å²) in [6.45, 7) is 8.87. The number of nitrogens with zero attached hydrogens (tertiary/aromatic N) is 1. The molecule has 2 heteroatoms. The van der Waals surface area contributed by atoms with Crippen molar-refractivity contribution in [3.05, 3.63) is 65.9 Å². The van der Waals surface area contributed by atoms with Crippen molar-refractivity contribution in [1.82, 2.24) is 4.40 Å². The summed E-state index contributed by atoms with van der Waals surface area (Å²) >= 11 is 0. The van der Waals surface area contributed by atoms with Gasteiger partial charge in [0.2, 0.25) is 0 Å². The average Bonchev–Trinajstić information content (AvgIpc) is 3.09. The monoisotopic (exact) mass is 303 g/mol. The molecular weight excluding hydrogens is 282 g/mol. The van der Waals surface area contributed by atoms with E-state index in [0.717, 1.165) is 22.4 Å². The van der Waals surface area contributed by atoms with Crippen molar-refractivity contribution < 1.29 is 4.42 Å². The molecule has 23 heavy (non-hydrogen) atoms. The fourth-order valence-corrected chi connectivity index (χ4v) is 3.10. The zero-order valence-electron chi connectivity index (χ0n) is 14.1. The Kier molecular flexibility index (Phi) is 2.92. The Morgan fingerprint density at radius 3 is 2.48 bits per heavy atom. The molecule has 0 fully saturated rings. The van der Waals surface area contributed by atoms with Crippen molar-refractivity contribution in [3.63, 3.8) is 0 Å². The first kappa shape index (κ1) is 14.1. The van der Waals surface area contributed by atoms with E-state index in [4.69, 9.17) is 4.42 Å². The van der Waals surface area contributed by atoms with Crippen molar-refractivity contribution in [2.45, 2.75) is 33.1 Å². The van der Waals surface area contributed by atoms with Crippen LogP contribution in [0.1, 0.15) is 31.9 Å². The minimum Gasteiger partial charge on any atom is -0.454 e. The summed E-state index contributed by atoms with van der Waals surface area (Å²) in [6.07, 6.45) is 2.24. The smallest absolute Gasteiger partial charge is 0.152 e. The highest BCUT2D eigenvalue weighted by Crippen LogP contribution is 2.33. The second-order valence-electron chi connectivity index (χ2n) is 7.29. The predicted molar refractivity (Wildman–Crippen MR) is 96.0 cm³/mol. The van der Waals surface area contributed by atoms with Crippen molar-refractivity contribution in [2.75, 3.05) is 0 Å². The van der Waals surface area contributed by atoms with Crippen LogP contribution in [-0.2, 0) is 5.41 Å². The zero-order valence-corrected chi connectivity index (χ0v) is 14.1. The fourth-order valence-electron chi connectivity index (χ4n) is 3.10. The maximum Gasteiger partial charge on any atom is 0.152 e. The highest BCUT2D eigenvalue weighted by atomic mass is 16.3. The van der Waals surface area contributed by atoms with Gasteiger partial charge in [0.05, 0.1) is 5.69 Å². The molecule has 0 N–H and O–H groups in total. The van der Waals surface area contributed by atoms with Crippen LogP contribution in [0.25, 0.3) is 27.9 Å². The van der Waals surface area contributed by atoms with Gasteiger partial charge in [-0.25, -0.2) is 0 Å². The van der Waals surface area contributed by atoms with Crippen molar-refractivity contribution in [2.24, 2.45) is 0 Å². The molecule has 0 spiro atoms. The van der Waals surface area contributed by atoms with Gasteiger partial charge in [0.25, 0.3) is 0 Å². The largest absolute Gasteiger partial charge is 0.454 e. The molecule has 0 unspecified atom stereocenters. The van der Waals surface area contributed by atoms with Crippen molar-refractivity contribution in [3.8, 4) is 11.5 Å². The minimum atomic E-state index is 0.130. The van der Waals surface area contributed by atoms with Gasteiger partial charge < -0.3 is 8.82 Å². The molecule has 2 nitrogen and oxygen atoms in total. The third kappa shape index (κ3) is 2.26. The molecule has 1 aromatic carbocycles. The maximum absolute atomic E-state index is 6.12. The van der Waals surface area contributed by atoms with E-state index in [-0.39, 0.29) is 5.41 Å². The molecule has 0 saturated heterocycles. The number of pyridine rings is 1. The van der Waals surface area contributed by atoms with Gasteiger partial charge >= 0.3 is 0 Å². The van der Waals surface area contributed by atoms with Crippen LogP contribution >= 0.6 is 0 Å². The van der Waals surface area contributed by atoms with Crippen molar-refractivity contribution in [1.29, 1.82) is 0 Å². The second kappa shape index (κ2) is 4.76. The molecule has 0 atom stereocenters. The van der Waals surface area contributed by atoms with E-state index < -0.39 is 0 Å². The Morgan fingerprint density at radius 1 is 0.957 bits per heavy atom. The summed E-state index contributed by atoms with van der Waals surface area (Å²) in [4.78, 5) is 0. The zero-order chi connectivity index (χ0) is 16.2. The topological polar surface area (TPSA) is 17.6 Å². The van der Waals surface area contributed by atoms with E-state index in [1.807, 2.05) is 18.2 Å². The molecule has 0 aliphatic heterocycles. The minimum absolute atomic E-state index is 0.130. The number of rotatable bonds is 1. The van der Waals surface area contributed by atoms with Gasteiger partial charge in [0, 0.05) is 17.1 Å². The molecule has 3 aromatic heterocycles. The Morgan fingerprint density at radius 2 is 1.74 bits per heavy atom. The lowest BCUT2D eigenvalue weighted by Crippen LogP contribution is -2.09. The lowest BCUT2D eigenvalue weighted by molar-refractivity contribution is 0.590. The molecule has 4 rings (SSSR count). The third-order valence-electron chi connectivity index (χ3n) is 4.49. The summed E-state index contributed by atoms with van der Waals surface area (Å²) in [5, 5.41) is 1.14. The molecule has 4 aromatic rings. The van der Waals surface area contributed by atoms with Gasteiger partial charge in [-0.1, -0.05) is 45.0 Å². The molecule has 116 valence electrons. The Hall–Kier alpha value is -2.48. The van der Waals surface area contributed by atoms with Crippen LogP contribution in [0.4, 0.5) is 0 Å². The maximum atomic E-state index is 6.12. The number of aromatic nitrogens is 1. The molecule has 0 aliphatic rings. The Balaban J connectivity index is 2.01. The standard InChI is InChI=1S/C21H21NO/c1-14-9-10-17-12-16(21(2,3)4)13-22(17)20(14)19-11-15-7-5-6-8-18(15)23-19/h5-13H,1-4H3. The van der Waals surface area contributed by atoms with E-state index >= 15 is 0 Å². The normalized spacial score (nSPS) is 12.3. The van der Waals surface area contributed by atoms with Crippen LogP contribution in [0.15, 0.2) is 59.1 Å². The molecule has 0 aliphatic carbocycles. The van der Waals surface area contributed by atoms with E-state index in [1.54, 1.807) is 0 Å². The van der Waals surface area contributed by atoms with Crippen LogP contribution in [0.5, 0.6) is 0 Å². The van der Waals surface area contributed by atoms with Crippen LogP contribution in [0.2, 0.25) is 0 Å². The second-order valence-corrected chi connectivity index (χ2v) is 7.29.